The molecule has 1 amide bonds. The number of nitrogens with zero attached hydrogens (tertiary/aromatic N) is 2. The number of amides is 1. The standard InChI is InChI=1S/C20H17FN2O3/c21-16-8-6-15(7-9-16)19-13-23(10-11-25-19)20(24)17-12-18(26-22-17)14-4-2-1-3-5-14/h1-9,12,19H,10-11,13H2/t19-/m0/s1. The van der Waals surface area contributed by atoms with Gasteiger partial charge in [0.1, 0.15) is 11.9 Å². The monoisotopic (exact) mass is 352 g/mol. The predicted molar refractivity (Wildman–Crippen MR) is 92.9 cm³/mol. The Balaban J connectivity index is 1.49. The summed E-state index contributed by atoms with van der Waals surface area (Å²) >= 11 is 0. The topological polar surface area (TPSA) is 55.6 Å². The van der Waals surface area contributed by atoms with E-state index in [0.29, 0.717) is 25.5 Å². The number of ether oxygens (including phenoxy) is 1. The molecule has 132 valence electrons. The van der Waals surface area contributed by atoms with E-state index >= 15 is 0 Å². The van der Waals surface area contributed by atoms with E-state index < -0.39 is 0 Å². The van der Waals surface area contributed by atoms with Crippen molar-refractivity contribution in [3.63, 3.8) is 0 Å². The van der Waals surface area contributed by atoms with Gasteiger partial charge in [-0.05, 0) is 17.7 Å². The Hall–Kier alpha value is -2.99. The molecular formula is C20H17FN2O3. The van der Waals surface area contributed by atoms with Gasteiger partial charge in [0, 0.05) is 18.2 Å². The third-order valence-electron chi connectivity index (χ3n) is 4.38. The molecule has 2 aromatic carbocycles. The molecule has 0 radical (unpaired) electrons. The number of hydrogen-bond donors (Lipinski definition) is 0. The number of morpholine rings is 1. The normalized spacial score (nSPS) is 17.3. The Morgan fingerprint density at radius 3 is 2.65 bits per heavy atom. The minimum Gasteiger partial charge on any atom is -0.370 e. The molecule has 1 atom stereocenters. The minimum absolute atomic E-state index is 0.202. The third kappa shape index (κ3) is 3.36. The van der Waals surface area contributed by atoms with Gasteiger partial charge in [0.15, 0.2) is 11.5 Å². The summed E-state index contributed by atoms with van der Waals surface area (Å²) < 4.78 is 24.1. The maximum Gasteiger partial charge on any atom is 0.276 e. The minimum atomic E-state index is -0.298. The highest BCUT2D eigenvalue weighted by Crippen LogP contribution is 2.25. The van der Waals surface area contributed by atoms with Crippen LogP contribution in [0.3, 0.4) is 0 Å². The molecule has 1 saturated heterocycles. The summed E-state index contributed by atoms with van der Waals surface area (Å²) in [5.74, 6) is 0.0529. The molecule has 0 N–H and O–H groups in total. The van der Waals surface area contributed by atoms with Crippen molar-refractivity contribution in [1.82, 2.24) is 10.1 Å². The highest BCUT2D eigenvalue weighted by Gasteiger charge is 2.28. The van der Waals surface area contributed by atoms with Gasteiger partial charge >= 0.3 is 0 Å². The molecule has 1 fully saturated rings. The Kier molecular flexibility index (Phi) is 4.50. The first-order chi connectivity index (χ1) is 12.7. The van der Waals surface area contributed by atoms with Gasteiger partial charge < -0.3 is 14.2 Å². The molecule has 3 aromatic rings. The summed E-state index contributed by atoms with van der Waals surface area (Å²) in [4.78, 5) is 14.4. The maximum atomic E-state index is 13.1. The predicted octanol–water partition coefficient (Wildman–Crippen LogP) is 3.69. The van der Waals surface area contributed by atoms with Crippen LogP contribution in [0.25, 0.3) is 11.3 Å². The average Bonchev–Trinajstić information content (AvgIpc) is 3.19. The van der Waals surface area contributed by atoms with Gasteiger partial charge in [0.05, 0.1) is 13.2 Å². The lowest BCUT2D eigenvalue weighted by Gasteiger charge is -2.32. The van der Waals surface area contributed by atoms with E-state index in [-0.39, 0.29) is 23.5 Å². The van der Waals surface area contributed by atoms with Crippen LogP contribution in [0.2, 0.25) is 0 Å². The summed E-state index contributed by atoms with van der Waals surface area (Å²) in [6.45, 7) is 1.28. The molecule has 1 aliphatic rings. The summed E-state index contributed by atoms with van der Waals surface area (Å²) in [5.41, 5.74) is 1.97. The Morgan fingerprint density at radius 2 is 1.88 bits per heavy atom. The molecule has 5 nitrogen and oxygen atoms in total. The van der Waals surface area contributed by atoms with Gasteiger partial charge in [0.2, 0.25) is 0 Å². The summed E-state index contributed by atoms with van der Waals surface area (Å²) in [6, 6.07) is 17.3. The second-order valence-corrected chi connectivity index (χ2v) is 6.10. The lowest BCUT2D eigenvalue weighted by atomic mass is 10.1. The molecule has 4 rings (SSSR count). The fraction of sp³-hybridized carbons (Fsp3) is 0.200. The van der Waals surface area contributed by atoms with E-state index in [2.05, 4.69) is 5.16 Å². The van der Waals surface area contributed by atoms with E-state index in [4.69, 9.17) is 9.26 Å². The van der Waals surface area contributed by atoms with Crippen molar-refractivity contribution in [2.45, 2.75) is 6.10 Å². The lowest BCUT2D eigenvalue weighted by molar-refractivity contribution is -0.0231. The van der Waals surface area contributed by atoms with Gasteiger partial charge in [-0.1, -0.05) is 47.6 Å². The number of rotatable bonds is 3. The Morgan fingerprint density at radius 1 is 1.12 bits per heavy atom. The van der Waals surface area contributed by atoms with Gasteiger partial charge in [-0.15, -0.1) is 0 Å². The van der Waals surface area contributed by atoms with Crippen molar-refractivity contribution < 1.29 is 18.4 Å². The van der Waals surface area contributed by atoms with Crippen LogP contribution < -0.4 is 0 Å². The SMILES string of the molecule is O=C(c1cc(-c2ccccc2)on1)N1CCO[C@H](c2ccc(F)cc2)C1. The highest BCUT2D eigenvalue weighted by molar-refractivity contribution is 5.93. The molecular weight excluding hydrogens is 335 g/mol. The number of carbonyl (C=O) groups is 1. The lowest BCUT2D eigenvalue weighted by Crippen LogP contribution is -2.42. The van der Waals surface area contributed by atoms with Crippen molar-refractivity contribution in [3.8, 4) is 11.3 Å². The van der Waals surface area contributed by atoms with E-state index in [9.17, 15) is 9.18 Å². The highest BCUT2D eigenvalue weighted by atomic mass is 19.1. The van der Waals surface area contributed by atoms with E-state index in [1.807, 2.05) is 30.3 Å². The van der Waals surface area contributed by atoms with Gasteiger partial charge in [-0.25, -0.2) is 4.39 Å². The van der Waals surface area contributed by atoms with Crippen molar-refractivity contribution in [2.75, 3.05) is 19.7 Å². The Bertz CT molecular complexity index is 893. The largest absolute Gasteiger partial charge is 0.370 e. The fourth-order valence-electron chi connectivity index (χ4n) is 2.99. The molecule has 0 bridgehead atoms. The summed E-state index contributed by atoms with van der Waals surface area (Å²) in [5, 5.41) is 3.92. The van der Waals surface area contributed by atoms with Gasteiger partial charge in [-0.2, -0.15) is 0 Å². The quantitative estimate of drug-likeness (QED) is 0.721. The molecule has 6 heteroatoms. The molecule has 1 aliphatic heterocycles. The van der Waals surface area contributed by atoms with E-state index in [1.54, 1.807) is 23.1 Å². The first-order valence-corrected chi connectivity index (χ1v) is 8.39. The Labute approximate surface area is 150 Å². The van der Waals surface area contributed by atoms with Crippen LogP contribution in [0.4, 0.5) is 4.39 Å². The van der Waals surface area contributed by atoms with Crippen LogP contribution in [0.1, 0.15) is 22.2 Å². The maximum absolute atomic E-state index is 13.1. The number of hydrogen-bond acceptors (Lipinski definition) is 4. The molecule has 1 aromatic heterocycles. The molecule has 0 saturated carbocycles. The van der Waals surface area contributed by atoms with Crippen LogP contribution in [0, 0.1) is 5.82 Å². The van der Waals surface area contributed by atoms with Crippen LogP contribution in [-0.2, 0) is 4.74 Å². The van der Waals surface area contributed by atoms with Gasteiger partial charge in [0.25, 0.3) is 5.91 Å². The zero-order valence-corrected chi connectivity index (χ0v) is 14.0. The first kappa shape index (κ1) is 16.5. The molecule has 0 aliphatic carbocycles. The smallest absolute Gasteiger partial charge is 0.276 e. The molecule has 0 spiro atoms. The zero-order valence-electron chi connectivity index (χ0n) is 14.0. The number of halogens is 1. The van der Waals surface area contributed by atoms with Crippen LogP contribution in [-0.4, -0.2) is 35.7 Å². The first-order valence-electron chi connectivity index (χ1n) is 8.39. The molecule has 2 heterocycles. The fourth-order valence-corrected chi connectivity index (χ4v) is 2.99. The van der Waals surface area contributed by atoms with Gasteiger partial charge in [-0.3, -0.25) is 4.79 Å². The molecule has 0 unspecified atom stereocenters. The van der Waals surface area contributed by atoms with Crippen LogP contribution >= 0.6 is 0 Å². The van der Waals surface area contributed by atoms with Crippen molar-refractivity contribution in [1.29, 1.82) is 0 Å². The number of carbonyl (C=O) groups excluding carboxylic acids is 1. The number of benzene rings is 2. The average molecular weight is 352 g/mol. The van der Waals surface area contributed by atoms with Crippen LogP contribution in [0.15, 0.2) is 65.2 Å². The van der Waals surface area contributed by atoms with Crippen molar-refractivity contribution >= 4 is 5.91 Å². The molecule has 26 heavy (non-hydrogen) atoms. The van der Waals surface area contributed by atoms with Crippen LogP contribution in [0.5, 0.6) is 0 Å². The second kappa shape index (κ2) is 7.09. The second-order valence-electron chi connectivity index (χ2n) is 6.10. The third-order valence-corrected chi connectivity index (χ3v) is 4.38. The van der Waals surface area contributed by atoms with E-state index in [1.165, 1.54) is 12.1 Å². The van der Waals surface area contributed by atoms with Crippen molar-refractivity contribution in [3.05, 3.63) is 77.7 Å². The number of aromatic nitrogens is 1. The summed E-state index contributed by atoms with van der Waals surface area (Å²) in [7, 11) is 0. The zero-order chi connectivity index (χ0) is 17.9. The van der Waals surface area contributed by atoms with E-state index in [0.717, 1.165) is 11.1 Å². The van der Waals surface area contributed by atoms with Crippen molar-refractivity contribution in [2.24, 2.45) is 0 Å². The summed E-state index contributed by atoms with van der Waals surface area (Å²) in [6.07, 6.45) is -0.284.